The molecule has 2 atom stereocenters. The maximum Gasteiger partial charge on any atom is 0.0587 e. The van der Waals surface area contributed by atoms with Gasteiger partial charge in [-0.3, -0.25) is 0 Å². The Bertz CT molecular complexity index is 371. The zero-order valence-corrected chi connectivity index (χ0v) is 12.5. The van der Waals surface area contributed by atoms with Crippen molar-refractivity contribution in [1.82, 2.24) is 5.32 Å². The van der Waals surface area contributed by atoms with E-state index in [0.29, 0.717) is 18.1 Å². The van der Waals surface area contributed by atoms with E-state index < -0.39 is 0 Å². The van der Waals surface area contributed by atoms with Crippen LogP contribution in [-0.2, 0) is 11.3 Å². The Labute approximate surface area is 117 Å². The van der Waals surface area contributed by atoms with Crippen LogP contribution in [0, 0.1) is 0 Å². The van der Waals surface area contributed by atoms with Crippen molar-refractivity contribution in [3.8, 4) is 0 Å². The van der Waals surface area contributed by atoms with Gasteiger partial charge in [-0.2, -0.15) is 0 Å². The second-order valence-corrected chi connectivity index (χ2v) is 5.90. The quantitative estimate of drug-likeness (QED) is 0.869. The Balaban J connectivity index is 1.81. The number of hydrogen-bond acceptors (Lipinski definition) is 2. The summed E-state index contributed by atoms with van der Waals surface area (Å²) in [4.78, 5) is 0. The monoisotopic (exact) mass is 261 g/mol. The summed E-state index contributed by atoms with van der Waals surface area (Å²) in [6.07, 6.45) is 3.87. The van der Waals surface area contributed by atoms with Gasteiger partial charge in [0.2, 0.25) is 0 Å². The minimum atomic E-state index is 0.453. The molecule has 1 aromatic carbocycles. The average Bonchev–Trinajstić information content (AvgIpc) is 2.46. The molecule has 0 bridgehead atoms. The van der Waals surface area contributed by atoms with Crippen molar-refractivity contribution in [2.45, 2.75) is 64.6 Å². The van der Waals surface area contributed by atoms with Crippen LogP contribution < -0.4 is 5.32 Å². The summed E-state index contributed by atoms with van der Waals surface area (Å²) in [5.41, 5.74) is 2.80. The van der Waals surface area contributed by atoms with E-state index in [2.05, 4.69) is 50.4 Å². The normalized spacial score (nSPS) is 23.8. The first kappa shape index (κ1) is 14.5. The highest BCUT2D eigenvalue weighted by Crippen LogP contribution is 2.18. The van der Waals surface area contributed by atoms with Gasteiger partial charge in [0.15, 0.2) is 0 Å². The summed E-state index contributed by atoms with van der Waals surface area (Å²) in [7, 11) is 0. The summed E-state index contributed by atoms with van der Waals surface area (Å²) in [6, 6.07) is 9.61. The first-order valence-electron chi connectivity index (χ1n) is 7.63. The van der Waals surface area contributed by atoms with Crippen LogP contribution >= 0.6 is 0 Å². The van der Waals surface area contributed by atoms with Gasteiger partial charge in [0, 0.05) is 19.2 Å². The van der Waals surface area contributed by atoms with Crippen LogP contribution in [0.5, 0.6) is 0 Å². The molecule has 106 valence electrons. The van der Waals surface area contributed by atoms with Gasteiger partial charge in [0.1, 0.15) is 0 Å². The lowest BCUT2D eigenvalue weighted by atomic mass is 10.00. The third-order valence-corrected chi connectivity index (χ3v) is 4.06. The number of nitrogens with one attached hydrogen (secondary N) is 1. The van der Waals surface area contributed by atoms with E-state index in [1.165, 1.54) is 11.1 Å². The molecule has 1 aromatic rings. The number of rotatable bonds is 5. The zero-order chi connectivity index (χ0) is 13.7. The van der Waals surface area contributed by atoms with E-state index in [1.54, 1.807) is 0 Å². The molecule has 0 saturated carbocycles. The van der Waals surface area contributed by atoms with E-state index in [9.17, 15) is 0 Å². The lowest BCUT2D eigenvalue weighted by molar-refractivity contribution is -0.000318. The Hall–Kier alpha value is -0.860. The minimum absolute atomic E-state index is 0.453. The summed E-state index contributed by atoms with van der Waals surface area (Å²) in [6.45, 7) is 8.56. The van der Waals surface area contributed by atoms with E-state index in [-0.39, 0.29) is 0 Å². The molecule has 0 aliphatic carbocycles. The fraction of sp³-hybridized carbons (Fsp3) is 0.647. The van der Waals surface area contributed by atoms with Gasteiger partial charge in [-0.25, -0.2) is 0 Å². The van der Waals surface area contributed by atoms with Gasteiger partial charge in [0.25, 0.3) is 0 Å². The summed E-state index contributed by atoms with van der Waals surface area (Å²) >= 11 is 0. The summed E-state index contributed by atoms with van der Waals surface area (Å²) < 4.78 is 5.71. The van der Waals surface area contributed by atoms with Gasteiger partial charge in [-0.15, -0.1) is 0 Å². The van der Waals surface area contributed by atoms with Crippen molar-refractivity contribution >= 4 is 0 Å². The summed E-state index contributed by atoms with van der Waals surface area (Å²) in [5.74, 6) is 0.614. The Morgan fingerprint density at radius 3 is 2.63 bits per heavy atom. The standard InChI is InChI=1S/C17H27NO/c1-4-17-11-16(9-10-19-17)18-12-14-5-7-15(8-6-14)13(2)3/h5-8,13,16-18H,4,9-12H2,1-3H3. The molecule has 0 spiro atoms. The van der Waals surface area contributed by atoms with Gasteiger partial charge in [-0.1, -0.05) is 45.0 Å². The first-order chi connectivity index (χ1) is 9.19. The Kier molecular flexibility index (Phi) is 5.41. The van der Waals surface area contributed by atoms with Crippen molar-refractivity contribution in [3.63, 3.8) is 0 Å². The van der Waals surface area contributed by atoms with Crippen molar-refractivity contribution in [2.75, 3.05) is 6.61 Å². The van der Waals surface area contributed by atoms with Crippen LogP contribution in [0.4, 0.5) is 0 Å². The smallest absolute Gasteiger partial charge is 0.0587 e. The third kappa shape index (κ3) is 4.32. The fourth-order valence-electron chi connectivity index (χ4n) is 2.63. The maximum absolute atomic E-state index is 5.71. The molecule has 0 radical (unpaired) electrons. The highest BCUT2D eigenvalue weighted by atomic mass is 16.5. The lowest BCUT2D eigenvalue weighted by Crippen LogP contribution is -2.38. The molecule has 1 aliphatic heterocycles. The molecule has 1 aliphatic rings. The molecule has 1 heterocycles. The largest absolute Gasteiger partial charge is 0.378 e. The van der Waals surface area contributed by atoms with Crippen LogP contribution in [0.25, 0.3) is 0 Å². The average molecular weight is 261 g/mol. The van der Waals surface area contributed by atoms with Crippen LogP contribution in [0.1, 0.15) is 57.1 Å². The SMILES string of the molecule is CCC1CC(NCc2ccc(C(C)C)cc2)CCO1. The molecule has 2 rings (SSSR count). The van der Waals surface area contributed by atoms with Crippen molar-refractivity contribution in [2.24, 2.45) is 0 Å². The van der Waals surface area contributed by atoms with Crippen molar-refractivity contribution < 1.29 is 4.74 Å². The van der Waals surface area contributed by atoms with Crippen LogP contribution in [-0.4, -0.2) is 18.8 Å². The van der Waals surface area contributed by atoms with Gasteiger partial charge < -0.3 is 10.1 Å². The molecule has 19 heavy (non-hydrogen) atoms. The topological polar surface area (TPSA) is 21.3 Å². The minimum Gasteiger partial charge on any atom is -0.378 e. The van der Waals surface area contributed by atoms with E-state index in [0.717, 1.165) is 32.4 Å². The lowest BCUT2D eigenvalue weighted by Gasteiger charge is -2.29. The van der Waals surface area contributed by atoms with Crippen LogP contribution in [0.3, 0.4) is 0 Å². The molecular weight excluding hydrogens is 234 g/mol. The van der Waals surface area contributed by atoms with Crippen molar-refractivity contribution in [1.29, 1.82) is 0 Å². The van der Waals surface area contributed by atoms with E-state index in [1.807, 2.05) is 0 Å². The molecule has 1 saturated heterocycles. The molecule has 0 amide bonds. The van der Waals surface area contributed by atoms with Crippen molar-refractivity contribution in [3.05, 3.63) is 35.4 Å². The Morgan fingerprint density at radius 1 is 1.26 bits per heavy atom. The maximum atomic E-state index is 5.71. The number of hydrogen-bond donors (Lipinski definition) is 1. The second-order valence-electron chi connectivity index (χ2n) is 5.90. The molecule has 2 unspecified atom stereocenters. The zero-order valence-electron chi connectivity index (χ0n) is 12.5. The highest BCUT2D eigenvalue weighted by molar-refractivity contribution is 5.24. The van der Waals surface area contributed by atoms with E-state index in [4.69, 9.17) is 4.74 Å². The molecule has 1 fully saturated rings. The molecular formula is C17H27NO. The molecule has 1 N–H and O–H groups in total. The predicted molar refractivity (Wildman–Crippen MR) is 80.4 cm³/mol. The predicted octanol–water partition coefficient (Wildman–Crippen LogP) is 3.86. The van der Waals surface area contributed by atoms with Crippen LogP contribution in [0.2, 0.25) is 0 Å². The van der Waals surface area contributed by atoms with Gasteiger partial charge in [-0.05, 0) is 36.3 Å². The number of ether oxygens (including phenoxy) is 1. The second kappa shape index (κ2) is 7.06. The summed E-state index contributed by atoms with van der Waals surface area (Å²) in [5, 5.41) is 3.67. The van der Waals surface area contributed by atoms with E-state index >= 15 is 0 Å². The van der Waals surface area contributed by atoms with Crippen LogP contribution in [0.15, 0.2) is 24.3 Å². The number of benzene rings is 1. The molecule has 2 nitrogen and oxygen atoms in total. The molecule has 0 aromatic heterocycles. The Morgan fingerprint density at radius 2 is 2.00 bits per heavy atom. The first-order valence-corrected chi connectivity index (χ1v) is 7.63. The fourth-order valence-corrected chi connectivity index (χ4v) is 2.63. The van der Waals surface area contributed by atoms with Gasteiger partial charge in [0.05, 0.1) is 6.10 Å². The third-order valence-electron chi connectivity index (χ3n) is 4.06. The highest BCUT2D eigenvalue weighted by Gasteiger charge is 2.20. The van der Waals surface area contributed by atoms with Gasteiger partial charge >= 0.3 is 0 Å². The molecule has 2 heteroatoms.